The van der Waals surface area contributed by atoms with Crippen LogP contribution in [0.5, 0.6) is 5.75 Å². The van der Waals surface area contributed by atoms with Crippen LogP contribution in [0.15, 0.2) is 42.6 Å². The van der Waals surface area contributed by atoms with Crippen LogP contribution in [0.4, 0.5) is 0 Å². The second-order valence-electron chi connectivity index (χ2n) is 4.17. The van der Waals surface area contributed by atoms with Crippen LogP contribution in [-0.2, 0) is 0 Å². The molecule has 0 aliphatic rings. The Balaban J connectivity index is 2.10. The molecule has 0 bridgehead atoms. The highest BCUT2D eigenvalue weighted by molar-refractivity contribution is 5.58. The topological polar surface area (TPSA) is 39.4 Å². The minimum absolute atomic E-state index is 0.725. The van der Waals surface area contributed by atoms with Gasteiger partial charge in [-0.1, -0.05) is 29.8 Å². The first kappa shape index (κ1) is 10.8. The number of benzene rings is 1. The molecule has 0 fully saturated rings. The summed E-state index contributed by atoms with van der Waals surface area (Å²) in [4.78, 5) is 4.48. The van der Waals surface area contributed by atoms with Crippen LogP contribution in [0.2, 0.25) is 0 Å². The van der Waals surface area contributed by atoms with E-state index in [0.29, 0.717) is 0 Å². The van der Waals surface area contributed by atoms with Gasteiger partial charge in [0.05, 0.1) is 13.3 Å². The Morgan fingerprint density at radius 2 is 1.83 bits per heavy atom. The van der Waals surface area contributed by atoms with Crippen molar-refractivity contribution in [2.45, 2.75) is 6.92 Å². The molecule has 0 unspecified atom stereocenters. The van der Waals surface area contributed by atoms with E-state index in [0.717, 1.165) is 22.8 Å². The summed E-state index contributed by atoms with van der Waals surface area (Å²) in [5, 5.41) is 4.45. The van der Waals surface area contributed by atoms with E-state index in [4.69, 9.17) is 4.74 Å². The van der Waals surface area contributed by atoms with Crippen LogP contribution in [0, 0.1) is 6.92 Å². The molecule has 4 nitrogen and oxygen atoms in total. The van der Waals surface area contributed by atoms with Crippen molar-refractivity contribution in [2.75, 3.05) is 7.11 Å². The van der Waals surface area contributed by atoms with Gasteiger partial charge in [0.25, 0.3) is 0 Å². The lowest BCUT2D eigenvalue weighted by Crippen LogP contribution is -1.90. The summed E-state index contributed by atoms with van der Waals surface area (Å²) in [7, 11) is 1.64. The number of rotatable bonds is 2. The number of pyridine rings is 1. The number of nitrogens with zero attached hydrogens (tertiary/aromatic N) is 3. The second-order valence-corrected chi connectivity index (χ2v) is 4.17. The molecular weight excluding hydrogens is 226 g/mol. The fourth-order valence-electron chi connectivity index (χ4n) is 1.81. The first-order chi connectivity index (χ1) is 8.76. The SMILES string of the molecule is COc1ccc2nc(-c3ccc(C)cc3)nn2c1. The summed E-state index contributed by atoms with van der Waals surface area (Å²) in [5.41, 5.74) is 3.05. The number of methoxy groups -OCH3 is 1. The number of aryl methyl sites for hydroxylation is 1. The molecule has 2 aromatic heterocycles. The van der Waals surface area contributed by atoms with E-state index in [1.807, 2.05) is 30.5 Å². The lowest BCUT2D eigenvalue weighted by Gasteiger charge is -1.97. The van der Waals surface area contributed by atoms with Gasteiger partial charge < -0.3 is 4.74 Å². The summed E-state index contributed by atoms with van der Waals surface area (Å²) < 4.78 is 6.89. The molecule has 18 heavy (non-hydrogen) atoms. The smallest absolute Gasteiger partial charge is 0.182 e. The van der Waals surface area contributed by atoms with Crippen LogP contribution < -0.4 is 4.74 Å². The van der Waals surface area contributed by atoms with Crippen molar-refractivity contribution >= 4 is 5.65 Å². The van der Waals surface area contributed by atoms with E-state index in [2.05, 4.69) is 29.1 Å². The third-order valence-corrected chi connectivity index (χ3v) is 2.85. The predicted octanol–water partition coefficient (Wildman–Crippen LogP) is 2.71. The molecule has 1 aromatic carbocycles. The van der Waals surface area contributed by atoms with Gasteiger partial charge in [0, 0.05) is 5.56 Å². The monoisotopic (exact) mass is 239 g/mol. The molecule has 3 rings (SSSR count). The van der Waals surface area contributed by atoms with E-state index in [-0.39, 0.29) is 0 Å². The second kappa shape index (κ2) is 4.14. The van der Waals surface area contributed by atoms with E-state index in [1.165, 1.54) is 5.56 Å². The fourth-order valence-corrected chi connectivity index (χ4v) is 1.81. The quantitative estimate of drug-likeness (QED) is 0.690. The Morgan fingerprint density at radius 1 is 1.06 bits per heavy atom. The van der Waals surface area contributed by atoms with E-state index in [9.17, 15) is 0 Å². The molecule has 0 N–H and O–H groups in total. The Morgan fingerprint density at radius 3 is 2.56 bits per heavy atom. The zero-order valence-corrected chi connectivity index (χ0v) is 10.3. The van der Waals surface area contributed by atoms with Crippen molar-refractivity contribution < 1.29 is 4.74 Å². The van der Waals surface area contributed by atoms with Crippen LogP contribution in [0.25, 0.3) is 17.0 Å². The van der Waals surface area contributed by atoms with Crippen molar-refractivity contribution in [1.29, 1.82) is 0 Å². The third kappa shape index (κ3) is 1.82. The van der Waals surface area contributed by atoms with Crippen molar-refractivity contribution in [3.05, 3.63) is 48.2 Å². The Kier molecular flexibility index (Phi) is 2.48. The van der Waals surface area contributed by atoms with Gasteiger partial charge in [-0.05, 0) is 19.1 Å². The van der Waals surface area contributed by atoms with Crippen molar-refractivity contribution in [3.8, 4) is 17.1 Å². The standard InChI is InChI=1S/C14H13N3O/c1-10-3-5-11(6-4-10)14-15-13-8-7-12(18-2)9-17(13)16-14/h3-9H,1-2H3. The maximum atomic E-state index is 5.16. The average molecular weight is 239 g/mol. The lowest BCUT2D eigenvalue weighted by molar-refractivity contribution is 0.411. The van der Waals surface area contributed by atoms with Crippen molar-refractivity contribution in [3.63, 3.8) is 0 Å². The number of fused-ring (bicyclic) bond motifs is 1. The third-order valence-electron chi connectivity index (χ3n) is 2.85. The highest BCUT2D eigenvalue weighted by atomic mass is 16.5. The van der Waals surface area contributed by atoms with Crippen LogP contribution in [0.1, 0.15) is 5.56 Å². The van der Waals surface area contributed by atoms with Gasteiger partial charge in [-0.15, -0.1) is 5.10 Å². The molecule has 2 heterocycles. The first-order valence-corrected chi connectivity index (χ1v) is 5.74. The lowest BCUT2D eigenvalue weighted by atomic mass is 10.1. The van der Waals surface area contributed by atoms with Gasteiger partial charge in [0.15, 0.2) is 11.5 Å². The largest absolute Gasteiger partial charge is 0.495 e. The van der Waals surface area contributed by atoms with Gasteiger partial charge in [-0.2, -0.15) is 0 Å². The van der Waals surface area contributed by atoms with Gasteiger partial charge in [-0.3, -0.25) is 0 Å². The molecule has 0 spiro atoms. The molecule has 3 aromatic rings. The van der Waals surface area contributed by atoms with E-state index in [1.54, 1.807) is 11.6 Å². The fraction of sp³-hybridized carbons (Fsp3) is 0.143. The van der Waals surface area contributed by atoms with Gasteiger partial charge in [-0.25, -0.2) is 9.50 Å². The van der Waals surface area contributed by atoms with Crippen molar-refractivity contribution in [1.82, 2.24) is 14.6 Å². The number of ether oxygens (including phenoxy) is 1. The van der Waals surface area contributed by atoms with E-state index >= 15 is 0 Å². The predicted molar refractivity (Wildman–Crippen MR) is 69.7 cm³/mol. The molecule has 4 heteroatoms. The highest BCUT2D eigenvalue weighted by Crippen LogP contribution is 2.18. The number of aromatic nitrogens is 3. The Labute approximate surface area is 105 Å². The Hall–Kier alpha value is -2.36. The summed E-state index contributed by atoms with van der Waals surface area (Å²) in [6, 6.07) is 11.9. The summed E-state index contributed by atoms with van der Waals surface area (Å²) in [6.07, 6.45) is 1.82. The van der Waals surface area contributed by atoms with Crippen molar-refractivity contribution in [2.24, 2.45) is 0 Å². The number of hydrogen-bond donors (Lipinski definition) is 0. The molecule has 0 saturated heterocycles. The van der Waals surface area contributed by atoms with Gasteiger partial charge in [0.2, 0.25) is 0 Å². The molecule has 0 aliphatic heterocycles. The molecule has 90 valence electrons. The van der Waals surface area contributed by atoms with Crippen LogP contribution in [-0.4, -0.2) is 21.7 Å². The van der Waals surface area contributed by atoms with E-state index < -0.39 is 0 Å². The maximum Gasteiger partial charge on any atom is 0.182 e. The molecular formula is C14H13N3O. The zero-order valence-electron chi connectivity index (χ0n) is 10.3. The molecule has 0 saturated carbocycles. The summed E-state index contributed by atoms with van der Waals surface area (Å²) in [6.45, 7) is 2.06. The summed E-state index contributed by atoms with van der Waals surface area (Å²) in [5.74, 6) is 1.49. The van der Waals surface area contributed by atoms with Gasteiger partial charge >= 0.3 is 0 Å². The number of hydrogen-bond acceptors (Lipinski definition) is 3. The first-order valence-electron chi connectivity index (χ1n) is 5.74. The maximum absolute atomic E-state index is 5.16. The minimum atomic E-state index is 0.725. The molecule has 0 aliphatic carbocycles. The highest BCUT2D eigenvalue weighted by Gasteiger charge is 2.06. The summed E-state index contributed by atoms with van der Waals surface area (Å²) >= 11 is 0. The van der Waals surface area contributed by atoms with Gasteiger partial charge in [0.1, 0.15) is 5.75 Å². The van der Waals surface area contributed by atoms with Crippen LogP contribution >= 0.6 is 0 Å². The average Bonchev–Trinajstić information content (AvgIpc) is 2.82. The minimum Gasteiger partial charge on any atom is -0.495 e. The Bertz CT molecular complexity index is 686. The molecule has 0 radical (unpaired) electrons. The van der Waals surface area contributed by atoms with Crippen LogP contribution in [0.3, 0.4) is 0 Å². The molecule has 0 atom stereocenters. The normalized spacial score (nSPS) is 10.8. The molecule has 0 amide bonds. The zero-order chi connectivity index (χ0) is 12.5.